The van der Waals surface area contributed by atoms with Gasteiger partial charge in [-0.15, -0.1) is 0 Å². The van der Waals surface area contributed by atoms with Crippen molar-refractivity contribution in [3.8, 4) is 0 Å². The minimum absolute atomic E-state index is 0.167. The van der Waals surface area contributed by atoms with Crippen LogP contribution in [0.3, 0.4) is 0 Å². The molecule has 2 rings (SSSR count). The van der Waals surface area contributed by atoms with Crippen LogP contribution in [0, 0.1) is 5.92 Å². The fourth-order valence-electron chi connectivity index (χ4n) is 1.94. The predicted molar refractivity (Wildman–Crippen MR) is 53.0 cm³/mol. The smallest absolute Gasteiger partial charge is 0.125 e. The lowest BCUT2D eigenvalue weighted by Gasteiger charge is -2.30. The zero-order valence-corrected chi connectivity index (χ0v) is 7.73. The molecule has 1 aliphatic heterocycles. The Labute approximate surface area is 78.2 Å². The Morgan fingerprint density at radius 1 is 1.46 bits per heavy atom. The van der Waals surface area contributed by atoms with Gasteiger partial charge in [-0.05, 0) is 18.1 Å². The van der Waals surface area contributed by atoms with E-state index in [0.717, 1.165) is 19.3 Å². The molecular weight excluding hydrogens is 162 g/mol. The van der Waals surface area contributed by atoms with Gasteiger partial charge in [0, 0.05) is 25.2 Å². The van der Waals surface area contributed by atoms with Gasteiger partial charge in [0.1, 0.15) is 6.29 Å². The van der Waals surface area contributed by atoms with Crippen LogP contribution in [0.5, 0.6) is 0 Å². The van der Waals surface area contributed by atoms with Gasteiger partial charge in [-0.3, -0.25) is 0 Å². The molecule has 2 nitrogen and oxygen atoms in total. The molecule has 1 atom stereocenters. The van der Waals surface area contributed by atoms with Crippen LogP contribution in [0.25, 0.3) is 0 Å². The van der Waals surface area contributed by atoms with Crippen molar-refractivity contribution < 1.29 is 4.79 Å². The predicted octanol–water partition coefficient (Wildman–Crippen LogP) is 1.49. The van der Waals surface area contributed by atoms with Crippen molar-refractivity contribution in [2.75, 3.05) is 18.5 Å². The van der Waals surface area contributed by atoms with Crippen LogP contribution in [-0.2, 0) is 11.2 Å². The van der Waals surface area contributed by atoms with E-state index in [4.69, 9.17) is 0 Å². The molecule has 1 aromatic rings. The lowest BCUT2D eigenvalue weighted by Crippen LogP contribution is -2.32. The first-order valence-corrected chi connectivity index (χ1v) is 4.55. The third-order valence-electron chi connectivity index (χ3n) is 2.59. The average Bonchev–Trinajstić information content (AvgIpc) is 2.18. The first kappa shape index (κ1) is 8.30. The van der Waals surface area contributed by atoms with E-state index in [0.29, 0.717) is 0 Å². The van der Waals surface area contributed by atoms with Crippen molar-refractivity contribution in [3.05, 3.63) is 29.8 Å². The van der Waals surface area contributed by atoms with Gasteiger partial charge in [0.15, 0.2) is 0 Å². The number of anilines is 1. The molecule has 1 aromatic carbocycles. The maximum absolute atomic E-state index is 10.7. The van der Waals surface area contributed by atoms with E-state index in [1.165, 1.54) is 11.3 Å². The molecule has 68 valence electrons. The van der Waals surface area contributed by atoms with Crippen molar-refractivity contribution in [1.82, 2.24) is 0 Å². The molecule has 0 unspecified atom stereocenters. The molecule has 0 aliphatic carbocycles. The summed E-state index contributed by atoms with van der Waals surface area (Å²) in [5.41, 5.74) is 2.55. The van der Waals surface area contributed by atoms with Gasteiger partial charge >= 0.3 is 0 Å². The molecule has 0 amide bonds. The summed E-state index contributed by atoms with van der Waals surface area (Å²) in [5.74, 6) is 0.167. The number of rotatable bonds is 1. The SMILES string of the molecule is CN1C[C@H](C=O)Cc2ccccc21. The maximum Gasteiger partial charge on any atom is 0.125 e. The Bertz CT molecular complexity index is 322. The number of hydrogen-bond acceptors (Lipinski definition) is 2. The molecule has 0 fully saturated rings. The van der Waals surface area contributed by atoms with Crippen molar-refractivity contribution in [1.29, 1.82) is 0 Å². The Hall–Kier alpha value is -1.31. The highest BCUT2D eigenvalue weighted by atomic mass is 16.1. The normalized spacial score (nSPS) is 21.0. The van der Waals surface area contributed by atoms with Gasteiger partial charge in [-0.25, -0.2) is 0 Å². The topological polar surface area (TPSA) is 20.3 Å². The standard InChI is InChI=1S/C11H13NO/c1-12-7-9(8-13)6-10-4-2-3-5-11(10)12/h2-5,8-9H,6-7H2,1H3/t9-/m1/s1. The summed E-state index contributed by atoms with van der Waals surface area (Å²) >= 11 is 0. The van der Waals surface area contributed by atoms with Crippen LogP contribution in [0.4, 0.5) is 5.69 Å². The zero-order valence-electron chi connectivity index (χ0n) is 7.73. The highest BCUT2D eigenvalue weighted by Crippen LogP contribution is 2.27. The molecule has 0 spiro atoms. The Kier molecular flexibility index (Phi) is 2.05. The fourth-order valence-corrected chi connectivity index (χ4v) is 1.94. The Balaban J connectivity index is 2.36. The summed E-state index contributed by atoms with van der Waals surface area (Å²) in [7, 11) is 2.04. The second kappa shape index (κ2) is 3.21. The van der Waals surface area contributed by atoms with E-state index in [2.05, 4.69) is 17.0 Å². The van der Waals surface area contributed by atoms with E-state index in [1.807, 2.05) is 19.2 Å². The molecule has 0 radical (unpaired) electrons. The number of carbonyl (C=O) groups is 1. The van der Waals surface area contributed by atoms with Gasteiger partial charge in [-0.2, -0.15) is 0 Å². The Morgan fingerprint density at radius 3 is 3.00 bits per heavy atom. The highest BCUT2D eigenvalue weighted by molar-refractivity contribution is 5.63. The number of fused-ring (bicyclic) bond motifs is 1. The molecule has 0 saturated carbocycles. The lowest BCUT2D eigenvalue weighted by molar-refractivity contribution is -0.110. The van der Waals surface area contributed by atoms with Crippen molar-refractivity contribution in [3.63, 3.8) is 0 Å². The molecule has 1 aliphatic rings. The van der Waals surface area contributed by atoms with Crippen molar-refractivity contribution >= 4 is 12.0 Å². The number of carbonyl (C=O) groups excluding carboxylic acids is 1. The van der Waals surface area contributed by atoms with Crippen LogP contribution in [0.15, 0.2) is 24.3 Å². The van der Waals surface area contributed by atoms with Gasteiger partial charge in [0.05, 0.1) is 0 Å². The first-order valence-electron chi connectivity index (χ1n) is 4.55. The van der Waals surface area contributed by atoms with E-state index >= 15 is 0 Å². The van der Waals surface area contributed by atoms with E-state index in [1.54, 1.807) is 0 Å². The van der Waals surface area contributed by atoms with Crippen LogP contribution in [-0.4, -0.2) is 19.9 Å². The molecule has 2 heteroatoms. The van der Waals surface area contributed by atoms with Crippen molar-refractivity contribution in [2.24, 2.45) is 5.92 Å². The van der Waals surface area contributed by atoms with E-state index in [9.17, 15) is 4.79 Å². The van der Waals surface area contributed by atoms with Crippen LogP contribution in [0.2, 0.25) is 0 Å². The maximum atomic E-state index is 10.7. The van der Waals surface area contributed by atoms with Crippen molar-refractivity contribution in [2.45, 2.75) is 6.42 Å². The number of benzene rings is 1. The summed E-state index contributed by atoms with van der Waals surface area (Å²) in [4.78, 5) is 12.8. The number of aldehydes is 1. The molecule has 0 aromatic heterocycles. The molecule has 1 heterocycles. The van der Waals surface area contributed by atoms with Crippen LogP contribution >= 0.6 is 0 Å². The molecule has 0 N–H and O–H groups in total. The zero-order chi connectivity index (χ0) is 9.26. The van der Waals surface area contributed by atoms with E-state index < -0.39 is 0 Å². The third-order valence-corrected chi connectivity index (χ3v) is 2.59. The minimum Gasteiger partial charge on any atom is -0.374 e. The second-order valence-electron chi connectivity index (χ2n) is 3.61. The molecule has 0 bridgehead atoms. The lowest BCUT2D eigenvalue weighted by atomic mass is 9.94. The Morgan fingerprint density at radius 2 is 2.23 bits per heavy atom. The number of para-hydroxylation sites is 1. The summed E-state index contributed by atoms with van der Waals surface area (Å²) in [6.07, 6.45) is 1.95. The molecule has 13 heavy (non-hydrogen) atoms. The third kappa shape index (κ3) is 1.44. The molecular formula is C11H13NO. The summed E-state index contributed by atoms with van der Waals surface area (Å²) in [5, 5.41) is 0. The number of nitrogens with zero attached hydrogens (tertiary/aromatic N) is 1. The van der Waals surface area contributed by atoms with Crippen LogP contribution in [0.1, 0.15) is 5.56 Å². The fraction of sp³-hybridized carbons (Fsp3) is 0.364. The summed E-state index contributed by atoms with van der Waals surface area (Å²) in [6, 6.07) is 8.27. The van der Waals surface area contributed by atoms with Crippen LogP contribution < -0.4 is 4.90 Å². The second-order valence-corrected chi connectivity index (χ2v) is 3.61. The quantitative estimate of drug-likeness (QED) is 0.603. The highest BCUT2D eigenvalue weighted by Gasteiger charge is 2.20. The average molecular weight is 175 g/mol. The number of hydrogen-bond donors (Lipinski definition) is 0. The van der Waals surface area contributed by atoms with E-state index in [-0.39, 0.29) is 5.92 Å². The monoisotopic (exact) mass is 175 g/mol. The van der Waals surface area contributed by atoms with Gasteiger partial charge < -0.3 is 9.69 Å². The largest absolute Gasteiger partial charge is 0.374 e. The van der Waals surface area contributed by atoms with Gasteiger partial charge in [-0.1, -0.05) is 18.2 Å². The summed E-state index contributed by atoms with van der Waals surface area (Å²) < 4.78 is 0. The van der Waals surface area contributed by atoms with Gasteiger partial charge in [0.25, 0.3) is 0 Å². The minimum atomic E-state index is 0.167. The summed E-state index contributed by atoms with van der Waals surface area (Å²) in [6.45, 7) is 0.848. The van der Waals surface area contributed by atoms with Gasteiger partial charge in [0.2, 0.25) is 0 Å². The first-order chi connectivity index (χ1) is 6.31. The molecule has 0 saturated heterocycles.